The van der Waals surface area contributed by atoms with Crippen molar-refractivity contribution in [3.8, 4) is 16.9 Å². The van der Waals surface area contributed by atoms with Crippen molar-refractivity contribution in [1.29, 1.82) is 0 Å². The van der Waals surface area contributed by atoms with Crippen LogP contribution in [-0.4, -0.2) is 50.6 Å². The maximum absolute atomic E-state index is 14.3. The van der Waals surface area contributed by atoms with Crippen molar-refractivity contribution < 1.29 is 14.3 Å². The summed E-state index contributed by atoms with van der Waals surface area (Å²) in [5, 5.41) is 13.6. The highest BCUT2D eigenvalue weighted by molar-refractivity contribution is 5.96. The van der Waals surface area contributed by atoms with E-state index in [9.17, 15) is 19.1 Å². The van der Waals surface area contributed by atoms with Gasteiger partial charge in [0.25, 0.3) is 11.5 Å². The predicted octanol–water partition coefficient (Wildman–Crippen LogP) is 5.76. The average Bonchev–Trinajstić information content (AvgIpc) is 3.01. The zero-order valence-electron chi connectivity index (χ0n) is 23.5. The number of hydrogen-bond acceptors (Lipinski definition) is 6. The molecule has 2 aromatic heterocycles. The zero-order chi connectivity index (χ0) is 29.2. The Bertz CT molecular complexity index is 1810. The van der Waals surface area contributed by atoms with Crippen LogP contribution in [-0.2, 0) is 4.79 Å². The molecular weight excluding hydrogens is 569 g/mol. The molecule has 3 heterocycles. The molecule has 1 amide bonds. The minimum absolute atomic E-state index is 0. The lowest BCUT2D eigenvalue weighted by molar-refractivity contribution is -0.118. The van der Waals surface area contributed by atoms with Gasteiger partial charge in [0.2, 0.25) is 0 Å². The van der Waals surface area contributed by atoms with Gasteiger partial charge in [-0.1, -0.05) is 36.4 Å². The van der Waals surface area contributed by atoms with Crippen molar-refractivity contribution in [3.63, 3.8) is 0 Å². The Hall–Kier alpha value is -4.60. The molecule has 1 fully saturated rings. The Labute approximate surface area is 254 Å². The number of hydrogen-bond donors (Lipinski definition) is 2. The van der Waals surface area contributed by atoms with Crippen molar-refractivity contribution >= 4 is 35.0 Å². The van der Waals surface area contributed by atoms with Crippen molar-refractivity contribution in [2.75, 3.05) is 25.5 Å². The Morgan fingerprint density at radius 2 is 1.72 bits per heavy atom. The van der Waals surface area contributed by atoms with Gasteiger partial charge in [-0.15, -0.1) is 12.4 Å². The van der Waals surface area contributed by atoms with E-state index in [1.165, 1.54) is 18.1 Å². The van der Waals surface area contributed by atoms with E-state index >= 15 is 0 Å². The zero-order valence-corrected chi connectivity index (χ0v) is 24.3. The van der Waals surface area contributed by atoms with Gasteiger partial charge in [-0.25, -0.2) is 14.4 Å². The number of carbonyl (C=O) groups excluding carboxylic acids is 1. The number of aromatic hydroxyl groups is 1. The topological polar surface area (TPSA) is 100 Å². The fourth-order valence-corrected chi connectivity index (χ4v) is 5.58. The number of fused-ring (bicyclic) bond motifs is 1. The van der Waals surface area contributed by atoms with Gasteiger partial charge in [-0.3, -0.25) is 14.2 Å². The van der Waals surface area contributed by atoms with Gasteiger partial charge in [0.15, 0.2) is 0 Å². The molecule has 1 saturated heterocycles. The molecule has 5 aromatic rings. The van der Waals surface area contributed by atoms with E-state index in [1.54, 1.807) is 30.3 Å². The lowest BCUT2D eigenvalue weighted by atomic mass is 9.88. The van der Waals surface area contributed by atoms with E-state index in [4.69, 9.17) is 0 Å². The van der Waals surface area contributed by atoms with Gasteiger partial charge < -0.3 is 15.3 Å². The minimum Gasteiger partial charge on any atom is -0.508 e. The number of nitrogens with one attached hydrogen (secondary N) is 1. The van der Waals surface area contributed by atoms with Gasteiger partial charge in [-0.05, 0) is 98.1 Å². The average molecular weight is 600 g/mol. The van der Waals surface area contributed by atoms with Crippen LogP contribution in [0.2, 0.25) is 0 Å². The molecule has 0 saturated carbocycles. The fourth-order valence-electron chi connectivity index (χ4n) is 5.58. The molecule has 1 atom stereocenters. The van der Waals surface area contributed by atoms with Crippen molar-refractivity contribution in [1.82, 2.24) is 19.4 Å². The van der Waals surface area contributed by atoms with Gasteiger partial charge in [0, 0.05) is 11.8 Å². The van der Waals surface area contributed by atoms with E-state index in [1.807, 2.05) is 6.07 Å². The molecule has 1 unspecified atom stereocenters. The van der Waals surface area contributed by atoms with Crippen LogP contribution in [0, 0.1) is 5.82 Å². The van der Waals surface area contributed by atoms with E-state index in [0.29, 0.717) is 16.8 Å². The summed E-state index contributed by atoms with van der Waals surface area (Å²) >= 11 is 0. The van der Waals surface area contributed by atoms with Crippen LogP contribution in [0.15, 0.2) is 96.2 Å². The van der Waals surface area contributed by atoms with Crippen molar-refractivity contribution in [2.24, 2.45) is 0 Å². The van der Waals surface area contributed by atoms with Gasteiger partial charge in [0.1, 0.15) is 23.4 Å². The second kappa shape index (κ2) is 12.7. The number of aromatic nitrogens is 3. The molecule has 0 aliphatic carbocycles. The van der Waals surface area contributed by atoms with Crippen LogP contribution in [0.25, 0.3) is 22.0 Å². The van der Waals surface area contributed by atoms with E-state index < -0.39 is 23.3 Å². The van der Waals surface area contributed by atoms with Crippen LogP contribution < -0.4 is 10.9 Å². The number of halogens is 2. The van der Waals surface area contributed by atoms with E-state index in [-0.39, 0.29) is 29.5 Å². The van der Waals surface area contributed by atoms with Crippen LogP contribution in [0.5, 0.6) is 5.75 Å². The molecule has 1 aliphatic rings. The third kappa shape index (κ3) is 6.28. The molecule has 0 radical (unpaired) electrons. The van der Waals surface area contributed by atoms with Gasteiger partial charge >= 0.3 is 0 Å². The molecule has 8 nitrogen and oxygen atoms in total. The van der Waals surface area contributed by atoms with E-state index in [0.717, 1.165) is 59.8 Å². The highest BCUT2D eigenvalue weighted by Gasteiger charge is 2.28. The number of rotatable bonds is 6. The Balaban J connectivity index is 0.00000368. The standard InChI is InChI=1S/C33H30FN5O3.ClH/c1-38-16-13-23(14-17-38)21-5-7-22(8-6-21)24-9-11-28-26(18-24)33(42)39(20-36-28)31(27-19-25(34)10-12-29(27)40)32(41)37-30-4-2-3-15-35-30;/h2-12,15,18-20,23,31,40H,13-14,16-17H2,1H3,(H,35,37,41);1H. The summed E-state index contributed by atoms with van der Waals surface area (Å²) in [5.41, 5.74) is 2.97. The number of benzene rings is 3. The first-order valence-corrected chi connectivity index (χ1v) is 13.9. The van der Waals surface area contributed by atoms with Crippen LogP contribution in [0.3, 0.4) is 0 Å². The molecule has 0 bridgehead atoms. The Morgan fingerprint density at radius 1 is 0.977 bits per heavy atom. The number of anilines is 1. The summed E-state index contributed by atoms with van der Waals surface area (Å²) in [6.45, 7) is 2.18. The SMILES string of the molecule is CN1CCC(c2ccc(-c3ccc4ncn(C(C(=O)Nc5ccccn5)c5cc(F)ccc5O)c(=O)c4c3)cc2)CC1.Cl. The van der Waals surface area contributed by atoms with E-state index in [2.05, 4.69) is 51.5 Å². The summed E-state index contributed by atoms with van der Waals surface area (Å²) in [5.74, 6) is -0.888. The number of pyridine rings is 1. The predicted molar refractivity (Wildman–Crippen MR) is 167 cm³/mol. The van der Waals surface area contributed by atoms with Crippen LogP contribution >= 0.6 is 12.4 Å². The third-order valence-electron chi connectivity index (χ3n) is 7.94. The maximum atomic E-state index is 14.3. The summed E-state index contributed by atoms with van der Waals surface area (Å²) in [6, 6.07) is 20.7. The van der Waals surface area contributed by atoms with Gasteiger partial charge in [0.05, 0.1) is 17.2 Å². The lowest BCUT2D eigenvalue weighted by Crippen LogP contribution is -2.34. The summed E-state index contributed by atoms with van der Waals surface area (Å²) in [4.78, 5) is 38.4. The first kappa shape index (κ1) is 29.9. The first-order valence-electron chi connectivity index (χ1n) is 13.9. The molecule has 1 aliphatic heterocycles. The monoisotopic (exact) mass is 599 g/mol. The van der Waals surface area contributed by atoms with Crippen molar-refractivity contribution in [2.45, 2.75) is 24.8 Å². The number of carbonyl (C=O) groups is 1. The van der Waals surface area contributed by atoms with Crippen LogP contribution in [0.4, 0.5) is 10.2 Å². The largest absolute Gasteiger partial charge is 0.508 e. The Morgan fingerprint density at radius 3 is 2.44 bits per heavy atom. The summed E-state index contributed by atoms with van der Waals surface area (Å²) in [7, 11) is 2.15. The minimum atomic E-state index is -1.41. The number of nitrogens with zero attached hydrogens (tertiary/aromatic N) is 4. The molecule has 220 valence electrons. The summed E-state index contributed by atoms with van der Waals surface area (Å²) in [6.07, 6.45) is 5.02. The van der Waals surface area contributed by atoms with Crippen LogP contribution in [0.1, 0.15) is 35.9 Å². The molecule has 0 spiro atoms. The fraction of sp³-hybridized carbons (Fsp3) is 0.212. The molecular formula is C33H31ClFN5O3. The number of phenolic OH excluding ortho intramolecular Hbond substituents is 1. The number of piperidine rings is 1. The smallest absolute Gasteiger partial charge is 0.262 e. The van der Waals surface area contributed by atoms with Crippen molar-refractivity contribution in [3.05, 3.63) is 119 Å². The molecule has 6 rings (SSSR count). The first-order chi connectivity index (χ1) is 20.4. The second-order valence-corrected chi connectivity index (χ2v) is 10.7. The normalized spacial score (nSPS) is 14.7. The molecule has 3 aromatic carbocycles. The highest BCUT2D eigenvalue weighted by Crippen LogP contribution is 2.31. The molecule has 10 heteroatoms. The highest BCUT2D eigenvalue weighted by atomic mass is 35.5. The maximum Gasteiger partial charge on any atom is 0.262 e. The second-order valence-electron chi connectivity index (χ2n) is 10.7. The molecule has 2 N–H and O–H groups in total. The molecule has 43 heavy (non-hydrogen) atoms. The quantitative estimate of drug-likeness (QED) is 0.257. The lowest BCUT2D eigenvalue weighted by Gasteiger charge is -2.29. The number of phenols is 1. The Kier molecular flexibility index (Phi) is 8.84. The van der Waals surface area contributed by atoms with Gasteiger partial charge in [-0.2, -0.15) is 0 Å². The third-order valence-corrected chi connectivity index (χ3v) is 7.94. The number of amides is 1. The number of likely N-dealkylation sites (tertiary alicyclic amines) is 1. The summed E-state index contributed by atoms with van der Waals surface area (Å²) < 4.78 is 15.4.